The minimum Gasteiger partial charge on any atom is -0.388 e. The lowest BCUT2D eigenvalue weighted by atomic mass is 10.1. The van der Waals surface area contributed by atoms with Gasteiger partial charge >= 0.3 is 0 Å². The van der Waals surface area contributed by atoms with Crippen LogP contribution < -0.4 is 5.32 Å². The summed E-state index contributed by atoms with van der Waals surface area (Å²) in [6.45, 7) is -0.0648. The van der Waals surface area contributed by atoms with E-state index in [1.54, 1.807) is 0 Å². The van der Waals surface area contributed by atoms with Gasteiger partial charge in [0.25, 0.3) is 0 Å². The summed E-state index contributed by atoms with van der Waals surface area (Å²) in [7, 11) is 0. The van der Waals surface area contributed by atoms with Gasteiger partial charge in [-0.05, 0) is 17.5 Å². The SMILES string of the molecule is Cl.OCC1=Nc2cccc3cccc(c23)N1. The molecule has 0 spiro atoms. The van der Waals surface area contributed by atoms with Crippen molar-refractivity contribution in [1.82, 2.24) is 0 Å². The van der Waals surface area contributed by atoms with E-state index in [1.165, 1.54) is 5.39 Å². The van der Waals surface area contributed by atoms with E-state index in [1.807, 2.05) is 24.3 Å². The van der Waals surface area contributed by atoms with E-state index >= 15 is 0 Å². The molecule has 3 nitrogen and oxygen atoms in total. The Balaban J connectivity index is 0.000000963. The molecule has 0 atom stereocenters. The van der Waals surface area contributed by atoms with Crippen LogP contribution in [0.25, 0.3) is 10.8 Å². The second-order valence-electron chi connectivity index (χ2n) is 3.52. The van der Waals surface area contributed by atoms with Crippen molar-refractivity contribution in [3.8, 4) is 0 Å². The fourth-order valence-electron chi connectivity index (χ4n) is 1.92. The Labute approximate surface area is 99.2 Å². The minimum atomic E-state index is -0.0648. The third kappa shape index (κ3) is 1.54. The summed E-state index contributed by atoms with van der Waals surface area (Å²) in [5, 5.41) is 14.5. The fourth-order valence-corrected chi connectivity index (χ4v) is 1.92. The molecule has 0 saturated heterocycles. The highest BCUT2D eigenvalue weighted by Crippen LogP contribution is 2.35. The lowest BCUT2D eigenvalue weighted by Gasteiger charge is -2.17. The highest BCUT2D eigenvalue weighted by molar-refractivity contribution is 6.13. The van der Waals surface area contributed by atoms with E-state index in [9.17, 15) is 0 Å². The fraction of sp³-hybridized carbons (Fsp3) is 0.0833. The summed E-state index contributed by atoms with van der Waals surface area (Å²) in [5.74, 6) is 0.598. The number of rotatable bonds is 1. The Morgan fingerprint density at radius 1 is 1.12 bits per heavy atom. The van der Waals surface area contributed by atoms with Gasteiger partial charge in [-0.25, -0.2) is 4.99 Å². The van der Waals surface area contributed by atoms with Gasteiger partial charge in [-0.2, -0.15) is 0 Å². The molecule has 0 aromatic heterocycles. The van der Waals surface area contributed by atoms with E-state index in [0.717, 1.165) is 16.8 Å². The summed E-state index contributed by atoms with van der Waals surface area (Å²) in [6, 6.07) is 12.0. The molecule has 0 saturated carbocycles. The van der Waals surface area contributed by atoms with Crippen LogP contribution in [0.15, 0.2) is 41.4 Å². The average molecular weight is 235 g/mol. The molecule has 4 heteroatoms. The van der Waals surface area contributed by atoms with E-state index in [0.29, 0.717) is 5.84 Å². The number of benzene rings is 2. The van der Waals surface area contributed by atoms with E-state index < -0.39 is 0 Å². The quantitative estimate of drug-likeness (QED) is 0.797. The molecule has 82 valence electrons. The molecule has 2 aromatic rings. The molecular formula is C12H11ClN2O. The van der Waals surface area contributed by atoms with Crippen molar-refractivity contribution >= 4 is 40.4 Å². The maximum absolute atomic E-state index is 9.08. The lowest BCUT2D eigenvalue weighted by molar-refractivity contribution is 0.357. The van der Waals surface area contributed by atoms with Gasteiger partial charge < -0.3 is 10.4 Å². The topological polar surface area (TPSA) is 44.6 Å². The molecule has 1 heterocycles. The van der Waals surface area contributed by atoms with Gasteiger partial charge in [0.05, 0.1) is 5.69 Å². The number of nitrogens with zero attached hydrogens (tertiary/aromatic N) is 1. The van der Waals surface area contributed by atoms with Crippen LogP contribution in [0.3, 0.4) is 0 Å². The number of aliphatic imine (C=N–C) groups is 1. The standard InChI is InChI=1S/C12H10N2O.ClH/c15-7-11-13-9-5-1-3-8-4-2-6-10(14-11)12(8)9;/h1-6,15H,7H2,(H,13,14);1H. The zero-order chi connectivity index (χ0) is 10.3. The van der Waals surface area contributed by atoms with Crippen LogP contribution in [-0.2, 0) is 0 Å². The molecule has 0 amide bonds. The van der Waals surface area contributed by atoms with Gasteiger partial charge in [-0.15, -0.1) is 12.4 Å². The smallest absolute Gasteiger partial charge is 0.132 e. The molecule has 16 heavy (non-hydrogen) atoms. The van der Waals surface area contributed by atoms with Crippen LogP contribution in [-0.4, -0.2) is 17.5 Å². The van der Waals surface area contributed by atoms with Crippen molar-refractivity contribution in [2.75, 3.05) is 11.9 Å². The van der Waals surface area contributed by atoms with Crippen LogP contribution in [0.4, 0.5) is 11.4 Å². The highest BCUT2D eigenvalue weighted by atomic mass is 35.5. The second kappa shape index (κ2) is 4.12. The molecule has 0 aliphatic carbocycles. The zero-order valence-corrected chi connectivity index (χ0v) is 9.29. The van der Waals surface area contributed by atoms with Crippen molar-refractivity contribution in [3.05, 3.63) is 36.4 Å². The first kappa shape index (κ1) is 10.9. The molecule has 0 fully saturated rings. The minimum absolute atomic E-state index is 0. The Hall–Kier alpha value is -1.58. The van der Waals surface area contributed by atoms with Gasteiger partial charge in [-0.1, -0.05) is 24.3 Å². The molecule has 1 aliphatic rings. The lowest BCUT2D eigenvalue weighted by Crippen LogP contribution is -2.18. The van der Waals surface area contributed by atoms with Gasteiger partial charge in [-0.3, -0.25) is 0 Å². The van der Waals surface area contributed by atoms with Crippen LogP contribution >= 0.6 is 12.4 Å². The third-order valence-electron chi connectivity index (χ3n) is 2.57. The van der Waals surface area contributed by atoms with Crippen molar-refractivity contribution in [2.45, 2.75) is 0 Å². The Kier molecular flexibility index (Phi) is 2.81. The van der Waals surface area contributed by atoms with Gasteiger partial charge in [0.2, 0.25) is 0 Å². The normalized spacial score (nSPS) is 12.7. The molecule has 2 N–H and O–H groups in total. The van der Waals surface area contributed by atoms with E-state index in [4.69, 9.17) is 5.11 Å². The van der Waals surface area contributed by atoms with Crippen molar-refractivity contribution in [3.63, 3.8) is 0 Å². The summed E-state index contributed by atoms with van der Waals surface area (Å²) in [6.07, 6.45) is 0. The van der Waals surface area contributed by atoms with Crippen LogP contribution in [0.2, 0.25) is 0 Å². The number of anilines is 1. The molecule has 2 aromatic carbocycles. The number of hydrogen-bond acceptors (Lipinski definition) is 3. The largest absolute Gasteiger partial charge is 0.388 e. The van der Waals surface area contributed by atoms with Gasteiger partial charge in [0, 0.05) is 11.1 Å². The Morgan fingerprint density at radius 2 is 1.88 bits per heavy atom. The predicted molar refractivity (Wildman–Crippen MR) is 69.0 cm³/mol. The molecule has 0 radical (unpaired) electrons. The third-order valence-corrected chi connectivity index (χ3v) is 2.57. The van der Waals surface area contributed by atoms with Crippen LogP contribution in [0, 0.1) is 0 Å². The number of aliphatic hydroxyl groups is 1. The van der Waals surface area contributed by atoms with E-state index in [2.05, 4.69) is 22.4 Å². The highest BCUT2D eigenvalue weighted by Gasteiger charge is 2.12. The number of hydrogen-bond donors (Lipinski definition) is 2. The first-order valence-corrected chi connectivity index (χ1v) is 4.86. The van der Waals surface area contributed by atoms with Crippen molar-refractivity contribution in [1.29, 1.82) is 0 Å². The predicted octanol–water partition coefficient (Wildman–Crippen LogP) is 2.71. The molecular weight excluding hydrogens is 224 g/mol. The first-order chi connectivity index (χ1) is 7.38. The Morgan fingerprint density at radius 3 is 2.62 bits per heavy atom. The number of aliphatic hydroxyl groups excluding tert-OH is 1. The average Bonchev–Trinajstić information content (AvgIpc) is 2.29. The van der Waals surface area contributed by atoms with Crippen LogP contribution in [0.1, 0.15) is 0 Å². The summed E-state index contributed by atoms with van der Waals surface area (Å²) in [5.41, 5.74) is 1.94. The second-order valence-corrected chi connectivity index (χ2v) is 3.52. The monoisotopic (exact) mass is 234 g/mol. The summed E-state index contributed by atoms with van der Waals surface area (Å²) >= 11 is 0. The first-order valence-electron chi connectivity index (χ1n) is 4.86. The zero-order valence-electron chi connectivity index (χ0n) is 8.47. The van der Waals surface area contributed by atoms with Crippen LogP contribution in [0.5, 0.6) is 0 Å². The number of amidine groups is 1. The van der Waals surface area contributed by atoms with Crippen molar-refractivity contribution in [2.24, 2.45) is 4.99 Å². The van der Waals surface area contributed by atoms with E-state index in [-0.39, 0.29) is 19.0 Å². The summed E-state index contributed by atoms with van der Waals surface area (Å²) in [4.78, 5) is 4.34. The maximum Gasteiger partial charge on any atom is 0.132 e. The van der Waals surface area contributed by atoms with Gasteiger partial charge in [0.1, 0.15) is 12.4 Å². The molecule has 1 aliphatic heterocycles. The maximum atomic E-state index is 9.08. The molecule has 0 unspecified atom stereocenters. The van der Waals surface area contributed by atoms with Crippen molar-refractivity contribution < 1.29 is 5.11 Å². The molecule has 3 rings (SSSR count). The molecule has 0 bridgehead atoms. The summed E-state index contributed by atoms with van der Waals surface area (Å²) < 4.78 is 0. The Bertz CT molecular complexity index is 561. The number of nitrogens with one attached hydrogen (secondary N) is 1. The van der Waals surface area contributed by atoms with Gasteiger partial charge in [0.15, 0.2) is 0 Å². The number of halogens is 1.